The van der Waals surface area contributed by atoms with Crippen LogP contribution in [0.5, 0.6) is 0 Å². The lowest BCUT2D eigenvalue weighted by atomic mass is 9.86. The molecule has 63 valence electrons. The van der Waals surface area contributed by atoms with E-state index in [4.69, 9.17) is 0 Å². The van der Waals surface area contributed by atoms with Gasteiger partial charge in [-0.05, 0) is 12.3 Å². The van der Waals surface area contributed by atoms with Crippen LogP contribution in [0.4, 0.5) is 0 Å². The molecule has 1 rings (SSSR count). The molecule has 0 amide bonds. The van der Waals surface area contributed by atoms with Gasteiger partial charge in [0.15, 0.2) is 0 Å². The maximum Gasteiger partial charge on any atom is 0.355 e. The van der Waals surface area contributed by atoms with Gasteiger partial charge in [-0.15, -0.1) is 0 Å². The first-order chi connectivity index (χ1) is 5.29. The molecule has 0 aromatic rings. The van der Waals surface area contributed by atoms with Crippen molar-refractivity contribution in [2.45, 2.75) is 44.9 Å². The van der Waals surface area contributed by atoms with E-state index < -0.39 is 5.97 Å². The fraction of sp³-hybridized carbons (Fsp3) is 0.889. The van der Waals surface area contributed by atoms with Crippen LogP contribution in [0.1, 0.15) is 44.9 Å². The summed E-state index contributed by atoms with van der Waals surface area (Å²) in [5, 5.41) is 10.1. The van der Waals surface area contributed by atoms with Gasteiger partial charge in [0.2, 0.25) is 0 Å². The quantitative estimate of drug-likeness (QED) is 0.616. The lowest BCUT2D eigenvalue weighted by Crippen LogP contribution is -2.07. The van der Waals surface area contributed by atoms with E-state index in [1.54, 1.807) is 0 Å². The second-order valence-corrected chi connectivity index (χ2v) is 3.41. The van der Waals surface area contributed by atoms with Crippen molar-refractivity contribution in [3.8, 4) is 0 Å². The Hall–Kier alpha value is -0.530. The predicted octanol–water partition coefficient (Wildman–Crippen LogP) is 2.30. The van der Waals surface area contributed by atoms with Gasteiger partial charge in [0, 0.05) is 0 Å². The third kappa shape index (κ3) is 3.40. The molecule has 2 heteroatoms. The monoisotopic (exact) mass is 155 g/mol. The number of carbonyl (C=O) groups is 1. The smallest absolute Gasteiger partial charge is 0.247 e. The second kappa shape index (κ2) is 4.37. The number of rotatable bonds is 3. The minimum absolute atomic E-state index is 0.255. The van der Waals surface area contributed by atoms with Crippen molar-refractivity contribution in [1.29, 1.82) is 0 Å². The van der Waals surface area contributed by atoms with Crippen molar-refractivity contribution < 1.29 is 9.90 Å². The molecular weight excluding hydrogens is 140 g/mol. The third-order valence-corrected chi connectivity index (χ3v) is 2.48. The van der Waals surface area contributed by atoms with Gasteiger partial charge in [0.05, 0.1) is 6.42 Å². The molecule has 11 heavy (non-hydrogen) atoms. The van der Waals surface area contributed by atoms with Gasteiger partial charge in [0.25, 0.3) is 0 Å². The van der Waals surface area contributed by atoms with E-state index in [1.807, 2.05) is 0 Å². The van der Waals surface area contributed by atoms with Crippen LogP contribution in [-0.4, -0.2) is 5.97 Å². The number of carbonyl (C=O) groups excluding carboxylic acids is 1. The van der Waals surface area contributed by atoms with Crippen molar-refractivity contribution in [1.82, 2.24) is 0 Å². The lowest BCUT2D eigenvalue weighted by molar-refractivity contribution is -0.143. The minimum atomic E-state index is -0.893. The van der Waals surface area contributed by atoms with Gasteiger partial charge < -0.3 is 0 Å². The molecular formula is C9H15O2. The molecule has 0 bridgehead atoms. The molecule has 0 unspecified atom stereocenters. The van der Waals surface area contributed by atoms with Gasteiger partial charge in [-0.2, -0.15) is 0 Å². The summed E-state index contributed by atoms with van der Waals surface area (Å²) in [6.45, 7) is 0. The highest BCUT2D eigenvalue weighted by Crippen LogP contribution is 2.26. The van der Waals surface area contributed by atoms with E-state index in [2.05, 4.69) is 0 Å². The van der Waals surface area contributed by atoms with Crippen LogP contribution >= 0.6 is 0 Å². The summed E-state index contributed by atoms with van der Waals surface area (Å²) < 4.78 is 0. The van der Waals surface area contributed by atoms with Crippen LogP contribution in [0.2, 0.25) is 0 Å². The molecule has 0 N–H and O–H groups in total. The lowest BCUT2D eigenvalue weighted by Gasteiger charge is -2.20. The summed E-state index contributed by atoms with van der Waals surface area (Å²) in [7, 11) is 0. The molecule has 0 saturated heterocycles. The van der Waals surface area contributed by atoms with Gasteiger partial charge in [0.1, 0.15) is 0 Å². The number of hydrogen-bond donors (Lipinski definition) is 0. The molecule has 1 aliphatic carbocycles. The molecule has 0 heterocycles. The first-order valence-corrected chi connectivity index (χ1v) is 4.49. The van der Waals surface area contributed by atoms with Crippen LogP contribution < -0.4 is 0 Å². The predicted molar refractivity (Wildman–Crippen MR) is 41.5 cm³/mol. The van der Waals surface area contributed by atoms with Gasteiger partial charge in [-0.3, -0.25) is 0 Å². The van der Waals surface area contributed by atoms with Crippen molar-refractivity contribution in [3.63, 3.8) is 0 Å². The third-order valence-electron chi connectivity index (χ3n) is 2.48. The van der Waals surface area contributed by atoms with Crippen LogP contribution in [0, 0.1) is 5.92 Å². The van der Waals surface area contributed by atoms with Gasteiger partial charge >= 0.3 is 5.97 Å². The average molecular weight is 155 g/mol. The van der Waals surface area contributed by atoms with E-state index >= 15 is 0 Å². The zero-order valence-corrected chi connectivity index (χ0v) is 6.84. The average Bonchev–Trinajstić information content (AvgIpc) is 2.03. The maximum atomic E-state index is 10.1. The largest absolute Gasteiger partial charge is 0.355 e. The first kappa shape index (κ1) is 8.57. The normalized spacial score (nSPS) is 20.0. The van der Waals surface area contributed by atoms with Crippen molar-refractivity contribution in [2.75, 3.05) is 0 Å². The van der Waals surface area contributed by atoms with Crippen molar-refractivity contribution >= 4 is 5.97 Å². The summed E-state index contributed by atoms with van der Waals surface area (Å²) in [6, 6.07) is 0. The van der Waals surface area contributed by atoms with E-state index in [9.17, 15) is 9.90 Å². The highest BCUT2D eigenvalue weighted by Gasteiger charge is 2.14. The van der Waals surface area contributed by atoms with Crippen molar-refractivity contribution in [2.24, 2.45) is 5.92 Å². The molecule has 1 saturated carbocycles. The van der Waals surface area contributed by atoms with Crippen LogP contribution in [0.3, 0.4) is 0 Å². The summed E-state index contributed by atoms with van der Waals surface area (Å²) in [4.78, 5) is 10.1. The topological polar surface area (TPSA) is 37.0 Å². The summed E-state index contributed by atoms with van der Waals surface area (Å²) in [5.74, 6) is -0.225. The highest BCUT2D eigenvalue weighted by molar-refractivity contribution is 5.66. The Labute approximate surface area is 67.6 Å². The molecule has 0 aromatic carbocycles. The Bertz CT molecular complexity index is 126. The molecule has 1 radical (unpaired) electrons. The minimum Gasteiger partial charge on any atom is -0.247 e. The van der Waals surface area contributed by atoms with Crippen molar-refractivity contribution in [3.05, 3.63) is 0 Å². The summed E-state index contributed by atoms with van der Waals surface area (Å²) >= 11 is 0. The molecule has 1 aliphatic rings. The Morgan fingerprint density at radius 3 is 2.36 bits per heavy atom. The fourth-order valence-electron chi connectivity index (χ4n) is 1.80. The molecule has 0 aromatic heterocycles. The van der Waals surface area contributed by atoms with E-state index in [0.29, 0.717) is 5.92 Å². The van der Waals surface area contributed by atoms with Crippen LogP contribution in [-0.2, 0) is 9.90 Å². The standard InChI is InChI=1S/C9H15O2/c10-9(11)7-6-8-4-2-1-3-5-8/h8H,1-7H2. The van der Waals surface area contributed by atoms with E-state index in [0.717, 1.165) is 6.42 Å². The molecule has 0 aliphatic heterocycles. The Balaban J connectivity index is 2.09. The Kier molecular flexibility index (Phi) is 3.40. The van der Waals surface area contributed by atoms with Crippen LogP contribution in [0.15, 0.2) is 0 Å². The maximum absolute atomic E-state index is 10.1. The van der Waals surface area contributed by atoms with E-state index in [1.165, 1.54) is 32.1 Å². The summed E-state index contributed by atoms with van der Waals surface area (Å²) in [5.41, 5.74) is 0. The Morgan fingerprint density at radius 2 is 1.82 bits per heavy atom. The molecule has 0 atom stereocenters. The van der Waals surface area contributed by atoms with Crippen LogP contribution in [0.25, 0.3) is 0 Å². The van der Waals surface area contributed by atoms with Gasteiger partial charge in [-0.1, -0.05) is 32.1 Å². The Morgan fingerprint density at radius 1 is 1.18 bits per heavy atom. The zero-order valence-electron chi connectivity index (χ0n) is 6.84. The number of hydrogen-bond acceptors (Lipinski definition) is 1. The molecule has 0 spiro atoms. The summed E-state index contributed by atoms with van der Waals surface area (Å²) in [6.07, 6.45) is 7.46. The fourth-order valence-corrected chi connectivity index (χ4v) is 1.80. The highest BCUT2D eigenvalue weighted by atomic mass is 16.4. The molecule has 2 nitrogen and oxygen atoms in total. The second-order valence-electron chi connectivity index (χ2n) is 3.41. The molecule has 1 fully saturated rings. The van der Waals surface area contributed by atoms with Gasteiger partial charge in [-0.25, -0.2) is 9.90 Å². The SMILES string of the molecule is [O]C(=O)CCC1CCCCC1. The van der Waals surface area contributed by atoms with E-state index in [-0.39, 0.29) is 6.42 Å². The first-order valence-electron chi connectivity index (χ1n) is 4.49. The zero-order chi connectivity index (χ0) is 8.10.